The third kappa shape index (κ3) is 3.63. The first-order chi connectivity index (χ1) is 6.76. The molecule has 14 heavy (non-hydrogen) atoms. The molecular weight excluding hydrogens is 220 g/mol. The number of thioether (sulfide) groups is 1. The van der Waals surface area contributed by atoms with Gasteiger partial charge in [0.25, 0.3) is 0 Å². The number of hydrogen-bond acceptors (Lipinski definition) is 6. The van der Waals surface area contributed by atoms with Crippen molar-refractivity contribution in [1.82, 2.24) is 10.2 Å². The average molecular weight is 232 g/mol. The van der Waals surface area contributed by atoms with Crippen LogP contribution in [0.4, 0.5) is 0 Å². The number of aromatic nitrogens is 2. The molecular formula is C8H12N2O2S2. The fourth-order valence-electron chi connectivity index (χ4n) is 0.763. The van der Waals surface area contributed by atoms with Crippen LogP contribution in [0.2, 0.25) is 0 Å². The third-order valence-electron chi connectivity index (χ3n) is 1.51. The Balaban J connectivity index is 2.27. The van der Waals surface area contributed by atoms with Crippen molar-refractivity contribution in [3.8, 4) is 0 Å². The lowest BCUT2D eigenvalue weighted by atomic mass is 10.5. The quantitative estimate of drug-likeness (QED) is 0.572. The van der Waals surface area contributed by atoms with Crippen LogP contribution in [0.25, 0.3) is 0 Å². The Hall–Kier alpha value is -0.620. The molecule has 0 aliphatic heterocycles. The number of ether oxygens (including phenoxy) is 1. The molecule has 0 atom stereocenters. The Bertz CT molecular complexity index is 301. The highest BCUT2D eigenvalue weighted by Crippen LogP contribution is 2.23. The summed E-state index contributed by atoms with van der Waals surface area (Å²) in [6.07, 6.45) is 1.33. The molecule has 0 aliphatic rings. The van der Waals surface area contributed by atoms with E-state index < -0.39 is 0 Å². The average Bonchev–Trinajstić information content (AvgIpc) is 2.65. The number of aryl methyl sites for hydroxylation is 1. The van der Waals surface area contributed by atoms with Gasteiger partial charge in [0.05, 0.1) is 13.5 Å². The molecule has 0 radical (unpaired) electrons. The number of carbonyl (C=O) groups excluding carboxylic acids is 1. The SMILES string of the molecule is CCc1nnc(SCCC(=O)OC)s1. The van der Waals surface area contributed by atoms with E-state index in [9.17, 15) is 4.79 Å². The molecule has 0 saturated heterocycles. The molecule has 0 aliphatic carbocycles. The van der Waals surface area contributed by atoms with Crippen molar-refractivity contribution >= 4 is 29.1 Å². The number of rotatable bonds is 5. The van der Waals surface area contributed by atoms with Crippen LogP contribution in [-0.4, -0.2) is 29.0 Å². The van der Waals surface area contributed by atoms with E-state index in [4.69, 9.17) is 0 Å². The zero-order valence-electron chi connectivity index (χ0n) is 8.15. The van der Waals surface area contributed by atoms with Gasteiger partial charge in [0, 0.05) is 5.75 Å². The Labute approximate surface area is 91.1 Å². The smallest absolute Gasteiger partial charge is 0.306 e. The maximum Gasteiger partial charge on any atom is 0.306 e. The third-order valence-corrected chi connectivity index (χ3v) is 3.71. The number of carbonyl (C=O) groups is 1. The van der Waals surface area contributed by atoms with Gasteiger partial charge < -0.3 is 4.74 Å². The van der Waals surface area contributed by atoms with E-state index in [1.807, 2.05) is 6.92 Å². The van der Waals surface area contributed by atoms with Crippen molar-refractivity contribution in [2.45, 2.75) is 24.1 Å². The molecule has 1 heterocycles. The summed E-state index contributed by atoms with van der Waals surface area (Å²) in [5, 5.41) is 9.01. The van der Waals surface area contributed by atoms with Crippen molar-refractivity contribution < 1.29 is 9.53 Å². The second kappa shape index (κ2) is 5.98. The van der Waals surface area contributed by atoms with Crippen LogP contribution in [0, 0.1) is 0 Å². The van der Waals surface area contributed by atoms with Gasteiger partial charge in [-0.3, -0.25) is 4.79 Å². The summed E-state index contributed by atoms with van der Waals surface area (Å²) in [5.74, 6) is 0.517. The Morgan fingerprint density at radius 1 is 1.57 bits per heavy atom. The number of nitrogens with zero attached hydrogens (tertiary/aromatic N) is 2. The molecule has 0 unspecified atom stereocenters. The highest BCUT2D eigenvalue weighted by molar-refractivity contribution is 8.01. The minimum Gasteiger partial charge on any atom is -0.469 e. The van der Waals surface area contributed by atoms with Crippen LogP contribution in [0.3, 0.4) is 0 Å². The van der Waals surface area contributed by atoms with Gasteiger partial charge in [0.2, 0.25) is 0 Å². The lowest BCUT2D eigenvalue weighted by Gasteiger charge is -1.95. The molecule has 0 bridgehead atoms. The maximum absolute atomic E-state index is 10.8. The summed E-state index contributed by atoms with van der Waals surface area (Å²) in [6, 6.07) is 0. The van der Waals surface area contributed by atoms with Crippen LogP contribution < -0.4 is 0 Å². The molecule has 0 aromatic carbocycles. The van der Waals surface area contributed by atoms with Gasteiger partial charge in [-0.2, -0.15) is 0 Å². The van der Waals surface area contributed by atoms with Gasteiger partial charge in [-0.1, -0.05) is 30.0 Å². The standard InChI is InChI=1S/C8H12N2O2S2/c1-3-6-9-10-8(14-6)13-5-4-7(11)12-2/h3-5H2,1-2H3. The zero-order chi connectivity index (χ0) is 10.4. The summed E-state index contributed by atoms with van der Waals surface area (Å²) in [5.41, 5.74) is 0. The molecule has 1 aromatic heterocycles. The van der Waals surface area contributed by atoms with E-state index in [0.29, 0.717) is 12.2 Å². The lowest BCUT2D eigenvalue weighted by Crippen LogP contribution is -2.00. The molecule has 0 saturated carbocycles. The molecule has 1 aromatic rings. The van der Waals surface area contributed by atoms with Gasteiger partial charge in [-0.15, -0.1) is 10.2 Å². The van der Waals surface area contributed by atoms with Crippen LogP contribution >= 0.6 is 23.1 Å². The van der Waals surface area contributed by atoms with Crippen molar-refractivity contribution in [3.63, 3.8) is 0 Å². The van der Waals surface area contributed by atoms with E-state index >= 15 is 0 Å². The molecule has 78 valence electrons. The highest BCUT2D eigenvalue weighted by atomic mass is 32.2. The first kappa shape index (κ1) is 11.5. The molecule has 0 fully saturated rings. The number of esters is 1. The van der Waals surface area contributed by atoms with Gasteiger partial charge in [0.1, 0.15) is 5.01 Å². The maximum atomic E-state index is 10.8. The normalized spacial score (nSPS) is 10.1. The predicted octanol–water partition coefficient (Wildman–Crippen LogP) is 1.76. The lowest BCUT2D eigenvalue weighted by molar-refractivity contribution is -0.140. The highest BCUT2D eigenvalue weighted by Gasteiger charge is 2.05. The van der Waals surface area contributed by atoms with Crippen LogP contribution in [0.5, 0.6) is 0 Å². The fraction of sp³-hybridized carbons (Fsp3) is 0.625. The van der Waals surface area contributed by atoms with Gasteiger partial charge in [-0.25, -0.2) is 0 Å². The number of methoxy groups -OCH3 is 1. The van der Waals surface area contributed by atoms with Gasteiger partial charge >= 0.3 is 5.97 Å². The Kier molecular flexibility index (Phi) is 4.89. The second-order valence-electron chi connectivity index (χ2n) is 2.49. The van der Waals surface area contributed by atoms with Crippen molar-refractivity contribution in [2.75, 3.05) is 12.9 Å². The van der Waals surface area contributed by atoms with Crippen LogP contribution in [0.1, 0.15) is 18.4 Å². The summed E-state index contributed by atoms with van der Waals surface area (Å²) < 4.78 is 5.45. The largest absolute Gasteiger partial charge is 0.469 e. The predicted molar refractivity (Wildman–Crippen MR) is 56.6 cm³/mol. The van der Waals surface area contributed by atoms with Crippen molar-refractivity contribution in [1.29, 1.82) is 0 Å². The Morgan fingerprint density at radius 3 is 2.93 bits per heavy atom. The first-order valence-electron chi connectivity index (χ1n) is 4.28. The van der Waals surface area contributed by atoms with Crippen LogP contribution in [-0.2, 0) is 16.0 Å². The van der Waals surface area contributed by atoms with E-state index in [1.54, 1.807) is 23.1 Å². The summed E-state index contributed by atoms with van der Waals surface area (Å²) in [4.78, 5) is 10.8. The molecule has 0 N–H and O–H groups in total. The molecule has 6 heteroatoms. The van der Waals surface area contributed by atoms with Gasteiger partial charge in [0.15, 0.2) is 4.34 Å². The molecule has 4 nitrogen and oxygen atoms in total. The second-order valence-corrected chi connectivity index (χ2v) is 4.89. The zero-order valence-corrected chi connectivity index (χ0v) is 9.78. The fourth-order valence-corrected chi connectivity index (χ4v) is 2.59. The first-order valence-corrected chi connectivity index (χ1v) is 6.08. The summed E-state index contributed by atoms with van der Waals surface area (Å²) in [7, 11) is 1.40. The van der Waals surface area contributed by atoms with E-state index in [2.05, 4.69) is 14.9 Å². The molecule has 0 amide bonds. The molecule has 0 spiro atoms. The summed E-state index contributed by atoms with van der Waals surface area (Å²) >= 11 is 3.13. The minimum absolute atomic E-state index is 0.183. The Morgan fingerprint density at radius 2 is 2.36 bits per heavy atom. The monoisotopic (exact) mass is 232 g/mol. The van der Waals surface area contributed by atoms with E-state index in [-0.39, 0.29) is 5.97 Å². The van der Waals surface area contributed by atoms with E-state index in [0.717, 1.165) is 15.8 Å². The summed E-state index contributed by atoms with van der Waals surface area (Å²) in [6.45, 7) is 2.05. The van der Waals surface area contributed by atoms with Gasteiger partial charge in [-0.05, 0) is 6.42 Å². The van der Waals surface area contributed by atoms with Crippen molar-refractivity contribution in [2.24, 2.45) is 0 Å². The van der Waals surface area contributed by atoms with Crippen LogP contribution in [0.15, 0.2) is 4.34 Å². The minimum atomic E-state index is -0.183. The number of hydrogen-bond donors (Lipinski definition) is 0. The topological polar surface area (TPSA) is 52.1 Å². The van der Waals surface area contributed by atoms with Crippen molar-refractivity contribution in [3.05, 3.63) is 5.01 Å². The van der Waals surface area contributed by atoms with E-state index in [1.165, 1.54) is 7.11 Å². The molecule has 1 rings (SSSR count).